The van der Waals surface area contributed by atoms with Crippen molar-refractivity contribution < 1.29 is 89.2 Å². The molecule has 3 aromatic rings. The van der Waals surface area contributed by atoms with Gasteiger partial charge in [0.25, 0.3) is 5.91 Å². The summed E-state index contributed by atoms with van der Waals surface area (Å²) in [5.74, 6) is -2.70. The number of aryl methyl sites for hydroxylation is 1. The number of halogens is 3. The Bertz CT molecular complexity index is 1760. The molecule has 1 aliphatic rings. The number of nitrogens with one attached hydrogen (secondary N) is 1. The maximum atomic E-state index is 14.1. The number of nitrogens with zero attached hydrogens (tertiary/aromatic N) is 4. The van der Waals surface area contributed by atoms with E-state index in [1.165, 1.54) is 17.8 Å². The number of anilines is 2. The number of carbonyl (C=O) groups is 2. The zero-order chi connectivity index (χ0) is 33.5. The number of carbonyl (C=O) groups excluding carboxylic acids is 2. The molecule has 0 saturated heterocycles. The summed E-state index contributed by atoms with van der Waals surface area (Å²) in [5.41, 5.74) is -1.47. The van der Waals surface area contributed by atoms with Gasteiger partial charge in [-0.05, 0) is 18.9 Å². The van der Waals surface area contributed by atoms with Crippen molar-refractivity contribution in [3.8, 4) is 5.75 Å². The molecule has 1 fully saturated rings. The molecule has 2 aromatic heterocycles. The molecule has 1 unspecified atom stereocenters. The number of hydrogen-bond acceptors (Lipinski definition) is 11. The van der Waals surface area contributed by atoms with Crippen LogP contribution >= 0.6 is 7.82 Å². The summed E-state index contributed by atoms with van der Waals surface area (Å²) in [6.45, 7) is 0. The van der Waals surface area contributed by atoms with Crippen LogP contribution in [0.25, 0.3) is 10.9 Å². The summed E-state index contributed by atoms with van der Waals surface area (Å²) < 4.78 is 101. The Morgan fingerprint density at radius 2 is 1.98 bits per heavy atom. The molecule has 0 aliphatic heterocycles. The number of pyridine rings is 1. The molecule has 1 amide bonds. The maximum Gasteiger partial charge on any atom is 1.00 e. The Hall–Kier alpha value is -2.92. The van der Waals surface area contributed by atoms with Crippen molar-refractivity contribution >= 4 is 42.1 Å². The molecule has 0 spiro atoms. The first-order valence-corrected chi connectivity index (χ1v) is 13.4. The largest absolute Gasteiger partial charge is 1.00 e. The minimum absolute atomic E-state index is 0. The zero-order valence-corrected chi connectivity index (χ0v) is 26.3. The molecule has 43 heavy (non-hydrogen) atoms. The smallest absolute Gasteiger partial charge is 0.745 e. The van der Waals surface area contributed by atoms with Gasteiger partial charge in [0.15, 0.2) is 17.4 Å². The van der Waals surface area contributed by atoms with Gasteiger partial charge >= 0.3 is 49.5 Å². The molecule has 1 saturated carbocycles. The van der Waals surface area contributed by atoms with Crippen LogP contribution in [-0.2, 0) is 30.4 Å². The SMILES string of the molecule is [2H]C([2H])([2H])O[C@@H](c1ccc2c(c(Nc3c/c(=N\C(=O)C4CC4)n(OP(=O)([O-])OC)cc3C(=O)OC)nn2C)c1OC)C(F)(F)F.[Na+]. The molecule has 228 valence electrons. The first kappa shape index (κ1) is 30.1. The van der Waals surface area contributed by atoms with Gasteiger partial charge in [0, 0.05) is 38.7 Å². The molecular formula is C24H26F3N5NaO9P. The Morgan fingerprint density at radius 1 is 1.28 bits per heavy atom. The number of aromatic nitrogens is 3. The van der Waals surface area contributed by atoms with E-state index in [9.17, 15) is 32.2 Å². The van der Waals surface area contributed by atoms with E-state index in [0.29, 0.717) is 17.6 Å². The third kappa shape index (κ3) is 7.42. The van der Waals surface area contributed by atoms with Gasteiger partial charge < -0.3 is 33.6 Å². The van der Waals surface area contributed by atoms with Crippen LogP contribution in [0.3, 0.4) is 0 Å². The van der Waals surface area contributed by atoms with Crippen LogP contribution in [0.15, 0.2) is 29.4 Å². The number of methoxy groups -OCH3 is 3. The van der Waals surface area contributed by atoms with Crippen molar-refractivity contribution in [2.24, 2.45) is 18.0 Å². The van der Waals surface area contributed by atoms with Gasteiger partial charge in [0.1, 0.15) is 11.3 Å². The topological polar surface area (TPSA) is 168 Å². The van der Waals surface area contributed by atoms with Crippen LogP contribution in [0, 0.1) is 5.92 Å². The second-order valence-electron chi connectivity index (χ2n) is 8.93. The molecule has 14 nitrogen and oxygen atoms in total. The van der Waals surface area contributed by atoms with Gasteiger partial charge in [0.2, 0.25) is 0 Å². The molecule has 0 radical (unpaired) electrons. The Morgan fingerprint density at radius 3 is 2.53 bits per heavy atom. The van der Waals surface area contributed by atoms with E-state index in [1.807, 2.05) is 0 Å². The fourth-order valence-corrected chi connectivity index (χ4v) is 4.42. The van der Waals surface area contributed by atoms with Crippen molar-refractivity contribution in [1.82, 2.24) is 14.5 Å². The van der Waals surface area contributed by atoms with Crippen molar-refractivity contribution in [3.05, 3.63) is 41.0 Å². The first-order valence-electron chi connectivity index (χ1n) is 13.4. The summed E-state index contributed by atoms with van der Waals surface area (Å²) in [6, 6.07) is 3.26. The summed E-state index contributed by atoms with van der Waals surface area (Å²) >= 11 is 0. The summed E-state index contributed by atoms with van der Waals surface area (Å²) in [5, 5.41) is 6.97. The van der Waals surface area contributed by atoms with Crippen LogP contribution in [0.1, 0.15) is 39.0 Å². The van der Waals surface area contributed by atoms with Crippen LogP contribution in [-0.4, -0.2) is 60.9 Å². The normalized spacial score (nSPS) is 17.1. The van der Waals surface area contributed by atoms with Crippen LogP contribution in [0.4, 0.5) is 24.7 Å². The van der Waals surface area contributed by atoms with E-state index in [4.69, 9.17) is 18.2 Å². The van der Waals surface area contributed by atoms with E-state index in [-0.39, 0.29) is 57.5 Å². The molecule has 1 N–H and O–H groups in total. The Kier molecular flexibility index (Phi) is 9.37. The number of fused-ring (bicyclic) bond motifs is 1. The third-order valence-corrected chi connectivity index (χ3v) is 6.98. The molecule has 0 bridgehead atoms. The predicted octanol–water partition coefficient (Wildman–Crippen LogP) is -0.452. The second-order valence-corrected chi connectivity index (χ2v) is 10.4. The molecule has 1 aromatic carbocycles. The summed E-state index contributed by atoms with van der Waals surface area (Å²) in [4.78, 5) is 41.3. The van der Waals surface area contributed by atoms with E-state index >= 15 is 0 Å². The number of benzene rings is 1. The minimum atomic E-state index is -5.18. The quantitative estimate of drug-likeness (QED) is 0.173. The van der Waals surface area contributed by atoms with Crippen molar-refractivity contribution in [2.75, 3.05) is 33.7 Å². The first-order chi connectivity index (χ1) is 20.9. The van der Waals surface area contributed by atoms with E-state index in [2.05, 4.69) is 24.7 Å². The second kappa shape index (κ2) is 13.4. The Labute approximate surface area is 268 Å². The van der Waals surface area contributed by atoms with Gasteiger partial charge in [-0.1, -0.05) is 6.07 Å². The average Bonchev–Trinajstić information content (AvgIpc) is 3.75. The van der Waals surface area contributed by atoms with Crippen molar-refractivity contribution in [2.45, 2.75) is 25.1 Å². The fraction of sp³-hybridized carbons (Fsp3) is 0.417. The van der Waals surface area contributed by atoms with Gasteiger partial charge in [-0.15, -0.1) is 0 Å². The monoisotopic (exact) mass is 642 g/mol. The molecular weight excluding hydrogens is 613 g/mol. The van der Waals surface area contributed by atoms with E-state index in [1.54, 1.807) is 0 Å². The number of esters is 1. The standard InChI is InChI=1S/C24H27F3N5O9P.Na/c1-31-16-9-8-13(20(38-3)24(25,26)27)19(37-2)18(16)21(30-31)28-15-10-17(29-22(33)12-6-7-12)32(41-42(35,36)40-5)11-14(15)23(34)39-4;/h8-12,20H,6-7H2,1-5H3,(H,28,30)(H,35,36);/q;+1/p-1/b29-17+;/t20-;/m0./s1/i3D3;. The van der Waals surface area contributed by atoms with Crippen LogP contribution in [0.2, 0.25) is 0 Å². The van der Waals surface area contributed by atoms with E-state index in [0.717, 1.165) is 39.7 Å². The van der Waals surface area contributed by atoms with E-state index < -0.39 is 61.7 Å². The molecule has 4 rings (SSSR count). The third-order valence-electron chi connectivity index (χ3n) is 6.16. The molecule has 2 heterocycles. The van der Waals surface area contributed by atoms with Crippen LogP contribution < -0.4 is 54.6 Å². The molecule has 2 atom stereocenters. The van der Waals surface area contributed by atoms with Crippen LogP contribution in [0.5, 0.6) is 5.75 Å². The molecule has 19 heteroatoms. The number of ether oxygens (including phenoxy) is 3. The minimum Gasteiger partial charge on any atom is -0.745 e. The average molecular weight is 642 g/mol. The summed E-state index contributed by atoms with van der Waals surface area (Å²) in [7, 11) is -4.09. The van der Waals surface area contributed by atoms with Gasteiger partial charge in [-0.25, -0.2) is 4.79 Å². The van der Waals surface area contributed by atoms with Crippen molar-refractivity contribution in [3.63, 3.8) is 0 Å². The zero-order valence-electron chi connectivity index (χ0n) is 26.4. The molecule has 1 aliphatic carbocycles. The number of alkyl halides is 3. The number of hydrogen-bond donors (Lipinski definition) is 1. The number of phosphoric acid groups is 1. The maximum absolute atomic E-state index is 14.1. The van der Waals surface area contributed by atoms with Gasteiger partial charge in [-0.3, -0.25) is 14.0 Å². The number of phosphoric ester groups is 1. The number of amides is 1. The fourth-order valence-electron chi connectivity index (χ4n) is 4.01. The Balaban J connectivity index is 0.00000576. The van der Waals surface area contributed by atoms with Crippen molar-refractivity contribution in [1.29, 1.82) is 0 Å². The summed E-state index contributed by atoms with van der Waals surface area (Å²) in [6.07, 6.45) is -6.16. The predicted molar refractivity (Wildman–Crippen MR) is 137 cm³/mol. The van der Waals surface area contributed by atoms with Gasteiger partial charge in [0.05, 0.1) is 41.1 Å². The van der Waals surface area contributed by atoms with Gasteiger partial charge in [-0.2, -0.15) is 28.0 Å². The number of rotatable bonds is 10.